The van der Waals surface area contributed by atoms with Crippen LogP contribution < -0.4 is 10.6 Å². The average Bonchev–Trinajstić information content (AvgIpc) is 2.75. The number of nitrogens with zero attached hydrogens (tertiary/aromatic N) is 2. The number of hydrogen-bond donors (Lipinski definition) is 2. The van der Waals surface area contributed by atoms with Gasteiger partial charge in [0, 0.05) is 31.7 Å². The number of hydrogen-bond acceptors (Lipinski definition) is 4. The van der Waals surface area contributed by atoms with Gasteiger partial charge in [0.1, 0.15) is 0 Å². The number of carbonyl (C=O) groups excluding carboxylic acids is 2. The molecule has 1 amide bonds. The van der Waals surface area contributed by atoms with E-state index in [1.54, 1.807) is 6.92 Å². The molecule has 0 unspecified atom stereocenters. The third kappa shape index (κ3) is 7.45. The Morgan fingerprint density at radius 2 is 1.77 bits per heavy atom. The fourth-order valence-corrected chi connectivity index (χ4v) is 3.26. The summed E-state index contributed by atoms with van der Waals surface area (Å²) in [5.74, 6) is -0.00469. The minimum Gasteiger partial charge on any atom is -0.466 e. The van der Waals surface area contributed by atoms with Crippen molar-refractivity contribution in [1.29, 1.82) is 0 Å². The number of nitrogens with one attached hydrogen (secondary N) is 2. The molecular formula is C21H29F3N4O3. The second kappa shape index (κ2) is 11.6. The Morgan fingerprint density at radius 1 is 1.13 bits per heavy atom. The second-order valence-electron chi connectivity index (χ2n) is 7.08. The summed E-state index contributed by atoms with van der Waals surface area (Å²) in [7, 11) is 0. The molecule has 1 aliphatic heterocycles. The summed E-state index contributed by atoms with van der Waals surface area (Å²) < 4.78 is 42.9. The number of aliphatic imine (C=N–C) groups is 1. The summed E-state index contributed by atoms with van der Waals surface area (Å²) in [5.41, 5.74) is -0.638. The normalized spacial score (nSPS) is 15.5. The highest BCUT2D eigenvalue weighted by atomic mass is 19.4. The molecule has 0 radical (unpaired) electrons. The van der Waals surface area contributed by atoms with Crippen LogP contribution in [-0.4, -0.2) is 62.1 Å². The monoisotopic (exact) mass is 442 g/mol. The largest absolute Gasteiger partial charge is 0.466 e. The van der Waals surface area contributed by atoms with Crippen molar-refractivity contribution in [3.8, 4) is 0 Å². The van der Waals surface area contributed by atoms with Gasteiger partial charge in [-0.05, 0) is 51.0 Å². The quantitative estimate of drug-likeness (QED) is 0.294. The average molecular weight is 442 g/mol. The molecule has 1 aromatic rings. The molecule has 0 aromatic heterocycles. The number of likely N-dealkylation sites (tertiary alicyclic amines) is 1. The first-order valence-electron chi connectivity index (χ1n) is 10.4. The van der Waals surface area contributed by atoms with Crippen LogP contribution in [0, 0.1) is 5.92 Å². The second-order valence-corrected chi connectivity index (χ2v) is 7.08. The number of rotatable bonds is 7. The first-order valence-corrected chi connectivity index (χ1v) is 10.4. The molecule has 31 heavy (non-hydrogen) atoms. The van der Waals surface area contributed by atoms with E-state index in [4.69, 9.17) is 4.74 Å². The van der Waals surface area contributed by atoms with Crippen molar-refractivity contribution < 1.29 is 27.5 Å². The SMILES string of the molecule is CCNC(=NCCNC(=O)c1ccc(C(F)(F)F)cc1)N1CCC(C(=O)OCC)CC1. The first-order chi connectivity index (χ1) is 14.8. The van der Waals surface area contributed by atoms with Gasteiger partial charge in [-0.25, -0.2) is 0 Å². The maximum absolute atomic E-state index is 12.6. The molecule has 1 saturated heterocycles. The van der Waals surface area contributed by atoms with Crippen LogP contribution in [0.15, 0.2) is 29.3 Å². The van der Waals surface area contributed by atoms with E-state index in [9.17, 15) is 22.8 Å². The zero-order valence-electron chi connectivity index (χ0n) is 17.8. The molecule has 0 spiro atoms. The number of benzene rings is 1. The number of carbonyl (C=O) groups is 2. The Bertz CT molecular complexity index is 758. The minimum absolute atomic E-state index is 0.0953. The highest BCUT2D eigenvalue weighted by molar-refractivity contribution is 5.94. The summed E-state index contributed by atoms with van der Waals surface area (Å²) in [6, 6.07) is 4.07. The molecule has 0 atom stereocenters. The molecule has 1 aliphatic rings. The Hall–Kier alpha value is -2.78. The van der Waals surface area contributed by atoms with Gasteiger partial charge >= 0.3 is 12.1 Å². The van der Waals surface area contributed by atoms with E-state index >= 15 is 0 Å². The first kappa shape index (κ1) is 24.5. The lowest BCUT2D eigenvalue weighted by atomic mass is 9.97. The highest BCUT2D eigenvalue weighted by Crippen LogP contribution is 2.29. The Labute approximate surface area is 180 Å². The number of halogens is 3. The summed E-state index contributed by atoms with van der Waals surface area (Å²) in [6.45, 7) is 6.70. The van der Waals surface area contributed by atoms with Crippen LogP contribution in [0.2, 0.25) is 0 Å². The maximum Gasteiger partial charge on any atom is 0.416 e. The summed E-state index contributed by atoms with van der Waals surface area (Å²) >= 11 is 0. The smallest absolute Gasteiger partial charge is 0.416 e. The van der Waals surface area contributed by atoms with Gasteiger partial charge in [-0.3, -0.25) is 14.6 Å². The van der Waals surface area contributed by atoms with Crippen molar-refractivity contribution in [2.75, 3.05) is 39.3 Å². The van der Waals surface area contributed by atoms with Crippen molar-refractivity contribution >= 4 is 17.8 Å². The predicted molar refractivity (Wildman–Crippen MR) is 111 cm³/mol. The van der Waals surface area contributed by atoms with Crippen LogP contribution in [0.4, 0.5) is 13.2 Å². The number of ether oxygens (including phenoxy) is 1. The van der Waals surface area contributed by atoms with Crippen molar-refractivity contribution in [1.82, 2.24) is 15.5 Å². The van der Waals surface area contributed by atoms with Gasteiger partial charge in [0.05, 0.1) is 24.6 Å². The number of esters is 1. The fraction of sp³-hybridized carbons (Fsp3) is 0.571. The van der Waals surface area contributed by atoms with Gasteiger partial charge in [0.2, 0.25) is 0 Å². The van der Waals surface area contributed by atoms with Crippen LogP contribution in [0.3, 0.4) is 0 Å². The topological polar surface area (TPSA) is 83.0 Å². The van der Waals surface area contributed by atoms with Gasteiger partial charge in [0.15, 0.2) is 5.96 Å². The van der Waals surface area contributed by atoms with Crippen LogP contribution >= 0.6 is 0 Å². The summed E-state index contributed by atoms with van der Waals surface area (Å²) in [6.07, 6.45) is -3.06. The van der Waals surface area contributed by atoms with Crippen molar-refractivity contribution in [2.24, 2.45) is 10.9 Å². The molecule has 2 N–H and O–H groups in total. The van der Waals surface area contributed by atoms with Crippen LogP contribution in [-0.2, 0) is 15.7 Å². The summed E-state index contributed by atoms with van der Waals surface area (Å²) in [4.78, 5) is 30.6. The molecule has 0 saturated carbocycles. The molecule has 0 bridgehead atoms. The molecular weight excluding hydrogens is 413 g/mol. The van der Waals surface area contributed by atoms with E-state index in [2.05, 4.69) is 20.5 Å². The zero-order chi connectivity index (χ0) is 22.9. The van der Waals surface area contributed by atoms with Crippen LogP contribution in [0.1, 0.15) is 42.6 Å². The van der Waals surface area contributed by atoms with E-state index in [1.807, 2.05) is 6.92 Å². The number of alkyl halides is 3. The molecule has 1 heterocycles. The van der Waals surface area contributed by atoms with Crippen LogP contribution in [0.25, 0.3) is 0 Å². The van der Waals surface area contributed by atoms with Crippen LogP contribution in [0.5, 0.6) is 0 Å². The lowest BCUT2D eigenvalue weighted by molar-refractivity contribution is -0.149. The maximum atomic E-state index is 12.6. The molecule has 172 valence electrons. The fourth-order valence-electron chi connectivity index (χ4n) is 3.26. The standard InChI is InChI=1S/C21H29F3N4O3/c1-3-25-20(28-13-9-16(10-14-28)19(30)31-4-2)27-12-11-26-18(29)15-5-7-17(8-6-15)21(22,23)24/h5-8,16H,3-4,9-14H2,1-2H3,(H,25,27)(H,26,29). The molecule has 7 nitrogen and oxygen atoms in total. The van der Waals surface area contributed by atoms with Crippen molar-refractivity contribution in [3.63, 3.8) is 0 Å². The zero-order valence-corrected chi connectivity index (χ0v) is 17.8. The lowest BCUT2D eigenvalue weighted by Gasteiger charge is -2.33. The van der Waals surface area contributed by atoms with Gasteiger partial charge < -0.3 is 20.3 Å². The predicted octanol–water partition coefficient (Wildman–Crippen LogP) is 2.68. The summed E-state index contributed by atoms with van der Waals surface area (Å²) in [5, 5.41) is 5.86. The Kier molecular flexibility index (Phi) is 9.14. The minimum atomic E-state index is -4.43. The van der Waals surface area contributed by atoms with Crippen molar-refractivity contribution in [2.45, 2.75) is 32.9 Å². The highest BCUT2D eigenvalue weighted by Gasteiger charge is 2.30. The van der Waals surface area contributed by atoms with E-state index < -0.39 is 17.6 Å². The molecule has 1 aromatic carbocycles. The van der Waals surface area contributed by atoms with Crippen molar-refractivity contribution in [3.05, 3.63) is 35.4 Å². The molecule has 2 rings (SSSR count). The third-order valence-electron chi connectivity index (χ3n) is 4.88. The van der Waals surface area contributed by atoms with Gasteiger partial charge in [0.25, 0.3) is 5.91 Å². The number of amides is 1. The molecule has 0 aliphatic carbocycles. The number of piperidine rings is 1. The molecule has 1 fully saturated rings. The van der Waals surface area contributed by atoms with E-state index in [0.29, 0.717) is 51.6 Å². The van der Waals surface area contributed by atoms with E-state index in [1.165, 1.54) is 0 Å². The Balaban J connectivity index is 1.83. The Morgan fingerprint density at radius 3 is 2.32 bits per heavy atom. The van der Waals surface area contributed by atoms with E-state index in [-0.39, 0.29) is 24.0 Å². The van der Waals surface area contributed by atoms with Gasteiger partial charge in [-0.15, -0.1) is 0 Å². The lowest BCUT2D eigenvalue weighted by Crippen LogP contribution is -2.47. The third-order valence-corrected chi connectivity index (χ3v) is 4.88. The van der Waals surface area contributed by atoms with Gasteiger partial charge in [-0.2, -0.15) is 13.2 Å². The van der Waals surface area contributed by atoms with Gasteiger partial charge in [-0.1, -0.05) is 0 Å². The number of guanidine groups is 1. The van der Waals surface area contributed by atoms with E-state index in [0.717, 1.165) is 24.3 Å². The molecule has 10 heteroatoms.